The Balaban J connectivity index is 1.34. The fourth-order valence-electron chi connectivity index (χ4n) is 3.60. The lowest BCUT2D eigenvalue weighted by Crippen LogP contribution is -2.29. The van der Waals surface area contributed by atoms with E-state index in [1.54, 1.807) is 30.3 Å². The van der Waals surface area contributed by atoms with Gasteiger partial charge in [0, 0.05) is 36.2 Å². The molecule has 160 valence electrons. The SMILES string of the molecule is O=C(CS(=O)(=O)Nc1ccc(N2CCCCC2)cc1)Nc1ccc2c(c1)OCCO2. The zero-order chi connectivity index (χ0) is 21.0. The predicted molar refractivity (Wildman–Crippen MR) is 116 cm³/mol. The van der Waals surface area contributed by atoms with Crippen LogP contribution in [0.3, 0.4) is 0 Å². The first-order chi connectivity index (χ1) is 14.5. The van der Waals surface area contributed by atoms with Gasteiger partial charge in [-0.05, 0) is 55.7 Å². The number of sulfonamides is 1. The maximum Gasteiger partial charge on any atom is 0.241 e. The van der Waals surface area contributed by atoms with Crippen molar-refractivity contribution in [2.45, 2.75) is 19.3 Å². The molecule has 2 aliphatic rings. The Labute approximate surface area is 176 Å². The summed E-state index contributed by atoms with van der Waals surface area (Å²) in [5.74, 6) is -0.200. The summed E-state index contributed by atoms with van der Waals surface area (Å²) in [6, 6.07) is 12.2. The Bertz CT molecular complexity index is 1000. The molecule has 0 atom stereocenters. The minimum Gasteiger partial charge on any atom is -0.486 e. The fourth-order valence-corrected chi connectivity index (χ4v) is 4.58. The maximum absolute atomic E-state index is 12.4. The van der Waals surface area contributed by atoms with Gasteiger partial charge in [0.2, 0.25) is 15.9 Å². The van der Waals surface area contributed by atoms with Crippen LogP contribution in [0.4, 0.5) is 17.1 Å². The molecule has 0 bridgehead atoms. The van der Waals surface area contributed by atoms with Crippen LogP contribution in [0, 0.1) is 0 Å². The zero-order valence-electron chi connectivity index (χ0n) is 16.6. The molecule has 0 unspecified atom stereocenters. The summed E-state index contributed by atoms with van der Waals surface area (Å²) in [6.45, 7) is 2.94. The second-order valence-corrected chi connectivity index (χ2v) is 9.08. The molecule has 0 spiro atoms. The van der Waals surface area contributed by atoms with Crippen LogP contribution in [0.1, 0.15) is 19.3 Å². The van der Waals surface area contributed by atoms with E-state index in [1.807, 2.05) is 12.1 Å². The fraction of sp³-hybridized carbons (Fsp3) is 0.381. The standard InChI is InChI=1S/C21H25N3O5S/c25-21(22-17-6-9-19-20(14-17)29-13-12-28-19)15-30(26,27)23-16-4-7-18(8-5-16)24-10-2-1-3-11-24/h4-9,14,23H,1-3,10-13,15H2,(H,22,25). The molecule has 2 aliphatic heterocycles. The minimum atomic E-state index is -3.84. The Kier molecular flexibility index (Phi) is 5.98. The van der Waals surface area contributed by atoms with Crippen molar-refractivity contribution in [2.24, 2.45) is 0 Å². The van der Waals surface area contributed by atoms with Crippen LogP contribution in [0.5, 0.6) is 11.5 Å². The zero-order valence-corrected chi connectivity index (χ0v) is 17.4. The third kappa shape index (κ3) is 5.15. The molecule has 0 saturated carbocycles. The van der Waals surface area contributed by atoms with Crippen LogP contribution in [0.25, 0.3) is 0 Å². The highest BCUT2D eigenvalue weighted by atomic mass is 32.2. The summed E-state index contributed by atoms with van der Waals surface area (Å²) in [7, 11) is -3.84. The van der Waals surface area contributed by atoms with Gasteiger partial charge < -0.3 is 19.7 Å². The quantitative estimate of drug-likeness (QED) is 0.730. The number of fused-ring (bicyclic) bond motifs is 1. The van der Waals surface area contributed by atoms with Gasteiger partial charge in [-0.1, -0.05) is 0 Å². The number of amides is 1. The minimum absolute atomic E-state index is 0.430. The monoisotopic (exact) mass is 431 g/mol. The highest BCUT2D eigenvalue weighted by molar-refractivity contribution is 7.93. The lowest BCUT2D eigenvalue weighted by molar-refractivity contribution is -0.113. The summed E-state index contributed by atoms with van der Waals surface area (Å²) in [5, 5.41) is 2.59. The third-order valence-electron chi connectivity index (χ3n) is 5.01. The van der Waals surface area contributed by atoms with E-state index < -0.39 is 21.7 Å². The first kappa shape index (κ1) is 20.3. The molecule has 2 N–H and O–H groups in total. The number of piperidine rings is 1. The Morgan fingerprint density at radius 3 is 2.30 bits per heavy atom. The van der Waals surface area contributed by atoms with Gasteiger partial charge in [-0.3, -0.25) is 9.52 Å². The summed E-state index contributed by atoms with van der Waals surface area (Å²) in [5.41, 5.74) is 1.96. The van der Waals surface area contributed by atoms with Gasteiger partial charge in [-0.15, -0.1) is 0 Å². The van der Waals surface area contributed by atoms with Crippen molar-refractivity contribution in [3.63, 3.8) is 0 Å². The average molecular weight is 432 g/mol. The molecule has 8 nitrogen and oxygen atoms in total. The molecule has 1 amide bonds. The summed E-state index contributed by atoms with van der Waals surface area (Å²) >= 11 is 0. The van der Waals surface area contributed by atoms with Gasteiger partial charge in [0.25, 0.3) is 0 Å². The number of nitrogens with one attached hydrogen (secondary N) is 2. The van der Waals surface area contributed by atoms with Gasteiger partial charge in [0.15, 0.2) is 11.5 Å². The van der Waals surface area contributed by atoms with E-state index in [0.717, 1.165) is 18.8 Å². The third-order valence-corrected chi connectivity index (χ3v) is 6.20. The molecular formula is C21H25N3O5S. The lowest BCUT2D eigenvalue weighted by atomic mass is 10.1. The van der Waals surface area contributed by atoms with Crippen LogP contribution in [0.15, 0.2) is 42.5 Å². The molecule has 4 rings (SSSR count). The molecule has 2 aromatic carbocycles. The van der Waals surface area contributed by atoms with Gasteiger partial charge >= 0.3 is 0 Å². The van der Waals surface area contributed by atoms with Crippen molar-refractivity contribution >= 4 is 33.0 Å². The molecule has 2 heterocycles. The average Bonchev–Trinajstić information content (AvgIpc) is 2.74. The number of carbonyl (C=O) groups is 1. The Hall–Kier alpha value is -2.94. The maximum atomic E-state index is 12.4. The summed E-state index contributed by atoms with van der Waals surface area (Å²) in [4.78, 5) is 14.5. The second kappa shape index (κ2) is 8.83. The van der Waals surface area contributed by atoms with Crippen molar-refractivity contribution in [1.82, 2.24) is 0 Å². The van der Waals surface area contributed by atoms with Crippen LogP contribution < -0.4 is 24.4 Å². The van der Waals surface area contributed by atoms with Gasteiger partial charge in [-0.25, -0.2) is 8.42 Å². The van der Waals surface area contributed by atoms with Crippen LogP contribution in [0.2, 0.25) is 0 Å². The highest BCUT2D eigenvalue weighted by Gasteiger charge is 2.19. The molecular weight excluding hydrogens is 406 g/mol. The van der Waals surface area contributed by atoms with Crippen LogP contribution in [-0.2, 0) is 14.8 Å². The van der Waals surface area contributed by atoms with E-state index in [0.29, 0.717) is 36.1 Å². The number of nitrogens with zero attached hydrogens (tertiary/aromatic N) is 1. The van der Waals surface area contributed by atoms with Crippen molar-refractivity contribution in [2.75, 3.05) is 47.0 Å². The van der Waals surface area contributed by atoms with Crippen molar-refractivity contribution < 1.29 is 22.7 Å². The number of benzene rings is 2. The first-order valence-electron chi connectivity index (χ1n) is 10.0. The molecule has 2 aromatic rings. The van der Waals surface area contributed by atoms with Crippen LogP contribution in [-0.4, -0.2) is 46.4 Å². The molecule has 1 saturated heterocycles. The Morgan fingerprint density at radius 1 is 0.900 bits per heavy atom. The van der Waals surface area contributed by atoms with E-state index in [9.17, 15) is 13.2 Å². The van der Waals surface area contributed by atoms with Gasteiger partial charge in [-0.2, -0.15) is 0 Å². The van der Waals surface area contributed by atoms with E-state index >= 15 is 0 Å². The highest BCUT2D eigenvalue weighted by Crippen LogP contribution is 2.32. The lowest BCUT2D eigenvalue weighted by Gasteiger charge is -2.28. The van der Waals surface area contributed by atoms with E-state index in [2.05, 4.69) is 14.9 Å². The molecule has 0 radical (unpaired) electrons. The normalized spacial score (nSPS) is 16.1. The first-order valence-corrected chi connectivity index (χ1v) is 11.7. The van der Waals surface area contributed by atoms with Gasteiger partial charge in [0.1, 0.15) is 19.0 Å². The van der Waals surface area contributed by atoms with Crippen molar-refractivity contribution in [3.05, 3.63) is 42.5 Å². The molecule has 30 heavy (non-hydrogen) atoms. The number of hydrogen-bond acceptors (Lipinski definition) is 6. The summed E-state index contributed by atoms with van der Waals surface area (Å²) in [6.07, 6.45) is 3.60. The number of rotatable bonds is 6. The van der Waals surface area contributed by atoms with E-state index in [1.165, 1.54) is 19.3 Å². The summed E-state index contributed by atoms with van der Waals surface area (Å²) < 4.78 is 38.1. The number of ether oxygens (including phenoxy) is 2. The largest absolute Gasteiger partial charge is 0.486 e. The second-order valence-electron chi connectivity index (χ2n) is 7.36. The predicted octanol–water partition coefficient (Wildman–Crippen LogP) is 2.83. The van der Waals surface area contributed by atoms with Crippen molar-refractivity contribution in [1.29, 1.82) is 0 Å². The number of anilines is 3. The smallest absolute Gasteiger partial charge is 0.241 e. The molecule has 1 fully saturated rings. The van der Waals surface area contributed by atoms with Crippen LogP contribution >= 0.6 is 0 Å². The Morgan fingerprint density at radius 2 is 1.57 bits per heavy atom. The topological polar surface area (TPSA) is 97.0 Å². The molecule has 9 heteroatoms. The van der Waals surface area contributed by atoms with Crippen molar-refractivity contribution in [3.8, 4) is 11.5 Å². The molecule has 0 aliphatic carbocycles. The van der Waals surface area contributed by atoms with E-state index in [-0.39, 0.29) is 0 Å². The van der Waals surface area contributed by atoms with Gasteiger partial charge in [0.05, 0.1) is 0 Å². The number of hydrogen-bond donors (Lipinski definition) is 2. The van der Waals surface area contributed by atoms with E-state index in [4.69, 9.17) is 9.47 Å². The molecule has 0 aromatic heterocycles. The number of carbonyl (C=O) groups excluding carboxylic acids is 1.